The normalized spacial score (nSPS) is 10.4. The van der Waals surface area contributed by atoms with Gasteiger partial charge in [0.2, 0.25) is 0 Å². The van der Waals surface area contributed by atoms with Gasteiger partial charge in [0.25, 0.3) is 0 Å². The maximum atomic E-state index is 13.5. The quantitative estimate of drug-likeness (QED) is 0.718. The fourth-order valence-electron chi connectivity index (χ4n) is 1.32. The molecular formula is C12H18FNO2. The number of hydrogen-bond acceptors (Lipinski definition) is 3. The van der Waals surface area contributed by atoms with Crippen molar-refractivity contribution in [3.05, 3.63) is 29.6 Å². The molecule has 0 aromatic heterocycles. The van der Waals surface area contributed by atoms with Gasteiger partial charge >= 0.3 is 0 Å². The molecule has 1 aromatic rings. The van der Waals surface area contributed by atoms with Gasteiger partial charge in [0.15, 0.2) is 0 Å². The molecule has 0 aliphatic heterocycles. The molecule has 0 saturated heterocycles. The van der Waals surface area contributed by atoms with Gasteiger partial charge in [-0.2, -0.15) is 0 Å². The fraction of sp³-hybridized carbons (Fsp3) is 0.500. The SMILES string of the molecule is CNCCOCCc1ccc(OC)cc1F. The van der Waals surface area contributed by atoms with Crippen LogP contribution in [0.25, 0.3) is 0 Å². The van der Waals surface area contributed by atoms with Crippen LogP contribution < -0.4 is 10.1 Å². The van der Waals surface area contributed by atoms with Crippen molar-refractivity contribution >= 4 is 0 Å². The zero-order valence-electron chi connectivity index (χ0n) is 9.75. The first kappa shape index (κ1) is 12.9. The molecule has 4 heteroatoms. The third-order valence-electron chi connectivity index (χ3n) is 2.27. The number of hydrogen-bond donors (Lipinski definition) is 1. The Morgan fingerprint density at radius 3 is 2.75 bits per heavy atom. The van der Waals surface area contributed by atoms with Crippen LogP contribution in [0.3, 0.4) is 0 Å². The number of methoxy groups -OCH3 is 1. The Hall–Kier alpha value is -1.13. The number of ether oxygens (including phenoxy) is 2. The Morgan fingerprint density at radius 1 is 1.31 bits per heavy atom. The molecule has 0 aliphatic carbocycles. The number of nitrogens with one attached hydrogen (secondary N) is 1. The van der Waals surface area contributed by atoms with Gasteiger partial charge in [-0.15, -0.1) is 0 Å². The molecule has 0 bridgehead atoms. The van der Waals surface area contributed by atoms with Crippen molar-refractivity contribution < 1.29 is 13.9 Å². The van der Waals surface area contributed by atoms with E-state index >= 15 is 0 Å². The van der Waals surface area contributed by atoms with Crippen LogP contribution in [0.5, 0.6) is 5.75 Å². The van der Waals surface area contributed by atoms with Gasteiger partial charge in [0.1, 0.15) is 11.6 Å². The standard InChI is InChI=1S/C12H18FNO2/c1-14-6-8-16-7-5-10-3-4-11(15-2)9-12(10)13/h3-4,9,14H,5-8H2,1-2H3. The van der Waals surface area contributed by atoms with Gasteiger partial charge in [0, 0.05) is 12.6 Å². The number of likely N-dealkylation sites (N-methyl/N-ethyl adjacent to an activating group) is 1. The second-order valence-corrected chi connectivity index (χ2v) is 3.42. The summed E-state index contributed by atoms with van der Waals surface area (Å²) < 4.78 is 23.7. The highest BCUT2D eigenvalue weighted by Crippen LogP contribution is 2.16. The summed E-state index contributed by atoms with van der Waals surface area (Å²) in [4.78, 5) is 0. The van der Waals surface area contributed by atoms with Gasteiger partial charge in [-0.1, -0.05) is 6.07 Å². The highest BCUT2D eigenvalue weighted by molar-refractivity contribution is 5.28. The monoisotopic (exact) mass is 227 g/mol. The van der Waals surface area contributed by atoms with Gasteiger partial charge in [-0.05, 0) is 25.1 Å². The Labute approximate surface area is 95.6 Å². The van der Waals surface area contributed by atoms with Crippen LogP contribution in [-0.2, 0) is 11.2 Å². The lowest BCUT2D eigenvalue weighted by Gasteiger charge is -2.06. The van der Waals surface area contributed by atoms with E-state index in [0.717, 1.165) is 6.54 Å². The summed E-state index contributed by atoms with van der Waals surface area (Å²) in [7, 11) is 3.39. The fourth-order valence-corrected chi connectivity index (χ4v) is 1.32. The molecule has 1 aromatic carbocycles. The van der Waals surface area contributed by atoms with E-state index in [1.807, 2.05) is 7.05 Å². The molecule has 16 heavy (non-hydrogen) atoms. The van der Waals surface area contributed by atoms with E-state index in [0.29, 0.717) is 30.9 Å². The van der Waals surface area contributed by atoms with E-state index in [4.69, 9.17) is 9.47 Å². The van der Waals surface area contributed by atoms with E-state index in [1.165, 1.54) is 13.2 Å². The molecule has 0 unspecified atom stereocenters. The largest absolute Gasteiger partial charge is 0.497 e. The maximum Gasteiger partial charge on any atom is 0.130 e. The van der Waals surface area contributed by atoms with Crippen molar-refractivity contribution in [2.45, 2.75) is 6.42 Å². The Kier molecular flexibility index (Phi) is 5.82. The molecule has 0 radical (unpaired) electrons. The first-order chi connectivity index (χ1) is 7.77. The molecule has 0 atom stereocenters. The molecule has 1 rings (SSSR count). The summed E-state index contributed by atoms with van der Waals surface area (Å²) in [5, 5.41) is 2.98. The summed E-state index contributed by atoms with van der Waals surface area (Å²) >= 11 is 0. The second-order valence-electron chi connectivity index (χ2n) is 3.42. The third-order valence-corrected chi connectivity index (χ3v) is 2.27. The van der Waals surface area contributed by atoms with E-state index in [2.05, 4.69) is 5.32 Å². The Morgan fingerprint density at radius 2 is 2.12 bits per heavy atom. The Balaban J connectivity index is 2.36. The molecule has 0 spiro atoms. The number of halogens is 1. The third kappa shape index (κ3) is 4.16. The van der Waals surface area contributed by atoms with Crippen LogP contribution in [-0.4, -0.2) is 33.9 Å². The van der Waals surface area contributed by atoms with Crippen LogP contribution in [0, 0.1) is 5.82 Å². The van der Waals surface area contributed by atoms with Gasteiger partial charge in [0.05, 0.1) is 20.3 Å². The van der Waals surface area contributed by atoms with Crippen molar-refractivity contribution in [3.8, 4) is 5.75 Å². The average Bonchev–Trinajstić information content (AvgIpc) is 2.30. The molecule has 0 aliphatic rings. The lowest BCUT2D eigenvalue weighted by molar-refractivity contribution is 0.140. The highest BCUT2D eigenvalue weighted by atomic mass is 19.1. The zero-order chi connectivity index (χ0) is 11.8. The summed E-state index contributed by atoms with van der Waals surface area (Å²) in [5.74, 6) is 0.300. The van der Waals surface area contributed by atoms with Crippen molar-refractivity contribution in [3.63, 3.8) is 0 Å². The average molecular weight is 227 g/mol. The summed E-state index contributed by atoms with van der Waals surface area (Å²) in [5.41, 5.74) is 0.658. The van der Waals surface area contributed by atoms with Crippen LogP contribution in [0.15, 0.2) is 18.2 Å². The molecule has 3 nitrogen and oxygen atoms in total. The van der Waals surface area contributed by atoms with Crippen molar-refractivity contribution in [1.82, 2.24) is 5.32 Å². The van der Waals surface area contributed by atoms with E-state index in [9.17, 15) is 4.39 Å². The van der Waals surface area contributed by atoms with Crippen molar-refractivity contribution in [1.29, 1.82) is 0 Å². The van der Waals surface area contributed by atoms with Gasteiger partial charge < -0.3 is 14.8 Å². The van der Waals surface area contributed by atoms with Crippen molar-refractivity contribution in [2.24, 2.45) is 0 Å². The minimum Gasteiger partial charge on any atom is -0.497 e. The molecule has 90 valence electrons. The zero-order valence-corrected chi connectivity index (χ0v) is 9.75. The van der Waals surface area contributed by atoms with Gasteiger partial charge in [-0.25, -0.2) is 4.39 Å². The van der Waals surface area contributed by atoms with Crippen LogP contribution >= 0.6 is 0 Å². The van der Waals surface area contributed by atoms with E-state index in [1.54, 1.807) is 12.1 Å². The second kappa shape index (κ2) is 7.19. The number of rotatable bonds is 7. The molecule has 0 heterocycles. The lowest BCUT2D eigenvalue weighted by atomic mass is 10.1. The van der Waals surface area contributed by atoms with Crippen molar-refractivity contribution in [2.75, 3.05) is 33.9 Å². The topological polar surface area (TPSA) is 30.5 Å². The molecule has 1 N–H and O–H groups in total. The summed E-state index contributed by atoms with van der Waals surface area (Å²) in [6.07, 6.45) is 0.583. The van der Waals surface area contributed by atoms with Gasteiger partial charge in [-0.3, -0.25) is 0 Å². The van der Waals surface area contributed by atoms with Crippen LogP contribution in [0.2, 0.25) is 0 Å². The number of benzene rings is 1. The molecule has 0 fully saturated rings. The lowest BCUT2D eigenvalue weighted by Crippen LogP contribution is -2.15. The smallest absolute Gasteiger partial charge is 0.130 e. The molecule has 0 saturated carbocycles. The maximum absolute atomic E-state index is 13.5. The summed E-state index contributed by atoms with van der Waals surface area (Å²) in [6, 6.07) is 4.88. The van der Waals surface area contributed by atoms with E-state index in [-0.39, 0.29) is 5.82 Å². The predicted octanol–water partition coefficient (Wildman–Crippen LogP) is 1.61. The first-order valence-corrected chi connectivity index (χ1v) is 5.32. The minimum absolute atomic E-state index is 0.239. The van der Waals surface area contributed by atoms with Crippen LogP contribution in [0.1, 0.15) is 5.56 Å². The van der Waals surface area contributed by atoms with E-state index < -0.39 is 0 Å². The minimum atomic E-state index is -0.239. The molecular weight excluding hydrogens is 209 g/mol. The van der Waals surface area contributed by atoms with Crippen LogP contribution in [0.4, 0.5) is 4.39 Å². The first-order valence-electron chi connectivity index (χ1n) is 5.32. The predicted molar refractivity (Wildman–Crippen MR) is 61.4 cm³/mol. The summed E-state index contributed by atoms with van der Waals surface area (Å²) in [6.45, 7) is 1.99. The highest BCUT2D eigenvalue weighted by Gasteiger charge is 2.03. The molecule has 0 amide bonds. The Bertz CT molecular complexity index is 318.